The van der Waals surface area contributed by atoms with E-state index in [9.17, 15) is 13.6 Å². The number of anilines is 1. The van der Waals surface area contributed by atoms with Crippen molar-refractivity contribution in [3.8, 4) is 11.3 Å². The summed E-state index contributed by atoms with van der Waals surface area (Å²) in [5, 5.41) is 12.5. The Morgan fingerprint density at radius 1 is 1.12 bits per heavy atom. The average molecular weight is 340 g/mol. The first-order valence-electron chi connectivity index (χ1n) is 7.28. The molecular formula is C17H10F2N4O2. The molecule has 2 N–H and O–H groups in total. The number of fused-ring (bicyclic) bond motifs is 1. The summed E-state index contributed by atoms with van der Waals surface area (Å²) < 4.78 is 32.2. The zero-order valence-corrected chi connectivity index (χ0v) is 12.6. The van der Waals surface area contributed by atoms with Gasteiger partial charge in [0.05, 0.1) is 10.9 Å². The maximum Gasteiger partial charge on any atom is 0.295 e. The van der Waals surface area contributed by atoms with Gasteiger partial charge >= 0.3 is 0 Å². The van der Waals surface area contributed by atoms with Crippen LogP contribution in [0.1, 0.15) is 10.6 Å². The van der Waals surface area contributed by atoms with Crippen molar-refractivity contribution in [3.05, 3.63) is 65.9 Å². The quantitative estimate of drug-likeness (QED) is 0.595. The second kappa shape index (κ2) is 5.82. The molecule has 0 atom stereocenters. The van der Waals surface area contributed by atoms with E-state index in [0.29, 0.717) is 5.69 Å². The van der Waals surface area contributed by atoms with Crippen LogP contribution in [0.25, 0.3) is 22.2 Å². The van der Waals surface area contributed by atoms with E-state index in [2.05, 4.69) is 20.7 Å². The third-order valence-corrected chi connectivity index (χ3v) is 3.62. The van der Waals surface area contributed by atoms with Gasteiger partial charge in [0.2, 0.25) is 5.76 Å². The lowest BCUT2D eigenvalue weighted by molar-refractivity contribution is 0.0987. The van der Waals surface area contributed by atoms with Crippen LogP contribution in [0, 0.1) is 11.6 Å². The van der Waals surface area contributed by atoms with Gasteiger partial charge in [0, 0.05) is 17.7 Å². The van der Waals surface area contributed by atoms with E-state index in [0.717, 1.165) is 17.7 Å². The summed E-state index contributed by atoms with van der Waals surface area (Å²) in [6.45, 7) is 0. The van der Waals surface area contributed by atoms with Gasteiger partial charge in [-0.15, -0.1) is 0 Å². The van der Waals surface area contributed by atoms with Crippen LogP contribution < -0.4 is 5.32 Å². The molecule has 0 spiro atoms. The van der Waals surface area contributed by atoms with Crippen LogP contribution in [0.4, 0.5) is 14.6 Å². The van der Waals surface area contributed by atoms with Crippen LogP contribution in [0.2, 0.25) is 0 Å². The van der Waals surface area contributed by atoms with Crippen LogP contribution in [0.3, 0.4) is 0 Å². The number of nitrogens with zero attached hydrogens (tertiary/aromatic N) is 2. The fourth-order valence-electron chi connectivity index (χ4n) is 2.46. The Kier molecular flexibility index (Phi) is 3.50. The maximum atomic E-state index is 13.9. The predicted molar refractivity (Wildman–Crippen MR) is 85.9 cm³/mol. The van der Waals surface area contributed by atoms with Crippen molar-refractivity contribution >= 4 is 22.6 Å². The second-order valence-corrected chi connectivity index (χ2v) is 5.28. The van der Waals surface area contributed by atoms with Crippen molar-refractivity contribution in [1.29, 1.82) is 0 Å². The molecule has 2 heterocycles. The highest BCUT2D eigenvalue weighted by atomic mass is 19.1. The number of rotatable bonds is 3. The number of aromatic amines is 1. The fraction of sp³-hybridized carbons (Fsp3) is 0. The van der Waals surface area contributed by atoms with Crippen molar-refractivity contribution < 1.29 is 18.1 Å². The molecule has 2 aromatic heterocycles. The molecular weight excluding hydrogens is 330 g/mol. The minimum absolute atomic E-state index is 0.0162. The van der Waals surface area contributed by atoms with E-state index in [1.807, 2.05) is 30.3 Å². The molecule has 8 heteroatoms. The number of H-pyrrole nitrogens is 1. The van der Waals surface area contributed by atoms with E-state index in [1.54, 1.807) is 0 Å². The van der Waals surface area contributed by atoms with Gasteiger partial charge in [-0.05, 0) is 6.07 Å². The fourth-order valence-corrected chi connectivity index (χ4v) is 2.46. The molecule has 0 unspecified atom stereocenters. The highest BCUT2D eigenvalue weighted by Crippen LogP contribution is 2.25. The number of amides is 1. The predicted octanol–water partition coefficient (Wildman–Crippen LogP) is 3.75. The Hall–Kier alpha value is -3.55. The Morgan fingerprint density at radius 3 is 2.72 bits per heavy atom. The standard InChI is InChI=1S/C17H10F2N4O2/c18-10-6-11(19)15-13(7-10)21-22-16(15)20-17(24)14-8-12(23-25-14)9-4-2-1-3-5-9/h1-8H,(H2,20,21,22,24). The topological polar surface area (TPSA) is 83.8 Å². The zero-order chi connectivity index (χ0) is 17.4. The molecule has 0 aliphatic rings. The Morgan fingerprint density at radius 2 is 1.92 bits per heavy atom. The molecule has 0 aliphatic carbocycles. The smallest absolute Gasteiger partial charge is 0.295 e. The number of halogens is 2. The molecule has 0 bridgehead atoms. The van der Waals surface area contributed by atoms with Crippen molar-refractivity contribution in [3.63, 3.8) is 0 Å². The summed E-state index contributed by atoms with van der Waals surface area (Å²) in [5.41, 5.74) is 1.42. The largest absolute Gasteiger partial charge is 0.350 e. The molecule has 0 radical (unpaired) electrons. The van der Waals surface area contributed by atoms with Gasteiger partial charge in [0.25, 0.3) is 5.91 Å². The highest BCUT2D eigenvalue weighted by molar-refractivity contribution is 6.06. The lowest BCUT2D eigenvalue weighted by atomic mass is 10.1. The summed E-state index contributed by atoms with van der Waals surface area (Å²) in [7, 11) is 0. The number of carbonyl (C=O) groups excluding carboxylic acids is 1. The van der Waals surface area contributed by atoms with Gasteiger partial charge in [-0.25, -0.2) is 8.78 Å². The van der Waals surface area contributed by atoms with Crippen LogP contribution >= 0.6 is 0 Å². The molecule has 2 aromatic carbocycles. The molecule has 0 fully saturated rings. The molecule has 4 rings (SSSR count). The van der Waals surface area contributed by atoms with Gasteiger partial charge in [-0.1, -0.05) is 35.5 Å². The zero-order valence-electron chi connectivity index (χ0n) is 12.6. The third-order valence-electron chi connectivity index (χ3n) is 3.62. The minimum atomic E-state index is -0.832. The Labute approximate surface area is 139 Å². The lowest BCUT2D eigenvalue weighted by Crippen LogP contribution is -2.11. The molecule has 25 heavy (non-hydrogen) atoms. The number of nitrogens with one attached hydrogen (secondary N) is 2. The van der Waals surface area contributed by atoms with Crippen LogP contribution in [-0.4, -0.2) is 21.3 Å². The SMILES string of the molecule is O=C(Nc1n[nH]c2cc(F)cc(F)c12)c1cc(-c2ccccc2)no1. The molecule has 0 saturated carbocycles. The first-order valence-corrected chi connectivity index (χ1v) is 7.28. The van der Waals surface area contributed by atoms with Crippen molar-refractivity contribution in [1.82, 2.24) is 15.4 Å². The molecule has 124 valence electrons. The Bertz CT molecular complexity index is 1070. The van der Waals surface area contributed by atoms with Crippen molar-refractivity contribution in [2.24, 2.45) is 0 Å². The molecule has 0 aliphatic heterocycles. The summed E-state index contributed by atoms with van der Waals surface area (Å²) in [6.07, 6.45) is 0. The van der Waals surface area contributed by atoms with E-state index < -0.39 is 17.5 Å². The van der Waals surface area contributed by atoms with Crippen LogP contribution in [-0.2, 0) is 0 Å². The first-order chi connectivity index (χ1) is 12.1. The van der Waals surface area contributed by atoms with E-state index in [-0.39, 0.29) is 22.5 Å². The number of carbonyl (C=O) groups is 1. The molecule has 1 amide bonds. The summed E-state index contributed by atoms with van der Waals surface area (Å²) in [4.78, 5) is 12.3. The lowest BCUT2D eigenvalue weighted by Gasteiger charge is -2.00. The summed E-state index contributed by atoms with van der Waals surface area (Å²) in [6, 6.07) is 12.4. The average Bonchev–Trinajstić information content (AvgIpc) is 3.23. The second-order valence-electron chi connectivity index (χ2n) is 5.28. The van der Waals surface area contributed by atoms with Crippen molar-refractivity contribution in [2.75, 3.05) is 5.32 Å². The Balaban J connectivity index is 1.62. The van der Waals surface area contributed by atoms with Gasteiger partial charge in [0.15, 0.2) is 5.82 Å². The van der Waals surface area contributed by atoms with Gasteiger partial charge in [-0.2, -0.15) is 5.10 Å². The van der Waals surface area contributed by atoms with Crippen LogP contribution in [0.15, 0.2) is 53.1 Å². The number of aromatic nitrogens is 3. The van der Waals surface area contributed by atoms with Gasteiger partial charge < -0.3 is 9.84 Å². The number of hydrogen-bond donors (Lipinski definition) is 2. The normalized spacial score (nSPS) is 11.0. The van der Waals surface area contributed by atoms with Crippen LogP contribution in [0.5, 0.6) is 0 Å². The van der Waals surface area contributed by atoms with E-state index >= 15 is 0 Å². The van der Waals surface area contributed by atoms with E-state index in [4.69, 9.17) is 4.52 Å². The molecule has 4 aromatic rings. The third kappa shape index (κ3) is 2.74. The summed E-state index contributed by atoms with van der Waals surface area (Å²) in [5.74, 6) is -2.34. The van der Waals surface area contributed by atoms with Crippen molar-refractivity contribution in [2.45, 2.75) is 0 Å². The molecule has 6 nitrogen and oxygen atoms in total. The van der Waals surface area contributed by atoms with E-state index in [1.165, 1.54) is 6.07 Å². The first kappa shape index (κ1) is 15.0. The van der Waals surface area contributed by atoms with Gasteiger partial charge in [0.1, 0.15) is 17.3 Å². The van der Waals surface area contributed by atoms with Gasteiger partial charge in [-0.3, -0.25) is 9.89 Å². The monoisotopic (exact) mass is 340 g/mol. The number of benzene rings is 2. The summed E-state index contributed by atoms with van der Waals surface area (Å²) >= 11 is 0. The minimum Gasteiger partial charge on any atom is -0.350 e. The number of hydrogen-bond acceptors (Lipinski definition) is 4. The highest BCUT2D eigenvalue weighted by Gasteiger charge is 2.19. The maximum absolute atomic E-state index is 13.9. The molecule has 0 saturated heterocycles.